The molecule has 0 saturated carbocycles. The van der Waals surface area contributed by atoms with Crippen LogP contribution in [0.1, 0.15) is 33.1 Å². The van der Waals surface area contributed by atoms with Crippen molar-refractivity contribution in [3.8, 4) is 0 Å². The van der Waals surface area contributed by atoms with Crippen molar-refractivity contribution in [3.05, 3.63) is 30.1 Å². The van der Waals surface area contributed by atoms with E-state index >= 15 is 0 Å². The molecule has 0 amide bonds. The highest BCUT2D eigenvalue weighted by molar-refractivity contribution is 5.82. The van der Waals surface area contributed by atoms with Crippen molar-refractivity contribution < 1.29 is 14.3 Å². The Labute approximate surface area is 101 Å². The zero-order chi connectivity index (χ0) is 12.9. The summed E-state index contributed by atoms with van der Waals surface area (Å²) in [5.41, 5.74) is -0.337. The lowest BCUT2D eigenvalue weighted by atomic mass is 9.90. The molecule has 3 nitrogen and oxygen atoms in total. The Balaban J connectivity index is 2.92. The van der Waals surface area contributed by atoms with E-state index in [1.165, 1.54) is 12.1 Å². The molecule has 1 rings (SSSR count). The molecule has 0 saturated heterocycles. The van der Waals surface area contributed by atoms with Crippen molar-refractivity contribution in [2.75, 3.05) is 5.32 Å². The Morgan fingerprint density at radius 2 is 1.94 bits per heavy atom. The third-order valence-corrected chi connectivity index (χ3v) is 2.92. The van der Waals surface area contributed by atoms with Crippen LogP contribution < -0.4 is 5.32 Å². The lowest BCUT2D eigenvalue weighted by molar-refractivity contribution is -0.142. The number of hydrogen-bond acceptors (Lipinski definition) is 2. The molecule has 0 aliphatic rings. The fourth-order valence-corrected chi connectivity index (χ4v) is 1.88. The van der Waals surface area contributed by atoms with E-state index in [1.807, 2.05) is 13.8 Å². The van der Waals surface area contributed by atoms with E-state index in [4.69, 9.17) is 0 Å². The van der Waals surface area contributed by atoms with Crippen molar-refractivity contribution >= 4 is 11.7 Å². The molecule has 2 N–H and O–H groups in total. The Kier molecular flexibility index (Phi) is 4.49. The van der Waals surface area contributed by atoms with Gasteiger partial charge in [-0.25, -0.2) is 9.18 Å². The highest BCUT2D eigenvalue weighted by Gasteiger charge is 2.35. The minimum absolute atomic E-state index is 0.330. The van der Waals surface area contributed by atoms with Gasteiger partial charge >= 0.3 is 5.97 Å². The van der Waals surface area contributed by atoms with Gasteiger partial charge in [0.1, 0.15) is 11.4 Å². The van der Waals surface area contributed by atoms with E-state index in [9.17, 15) is 14.3 Å². The number of carboxylic acids is 1. The summed E-state index contributed by atoms with van der Waals surface area (Å²) in [5, 5.41) is 12.3. The number of aliphatic carboxylic acids is 1. The summed E-state index contributed by atoms with van der Waals surface area (Å²) in [6.07, 6.45) is 1.79. The van der Waals surface area contributed by atoms with E-state index in [2.05, 4.69) is 5.32 Å². The number of anilines is 1. The number of hydrogen-bond donors (Lipinski definition) is 2. The Morgan fingerprint density at radius 3 is 2.35 bits per heavy atom. The first-order chi connectivity index (χ1) is 8.04. The van der Waals surface area contributed by atoms with Crippen LogP contribution in [0.2, 0.25) is 0 Å². The van der Waals surface area contributed by atoms with Crippen LogP contribution in [0.4, 0.5) is 10.1 Å². The monoisotopic (exact) mass is 239 g/mol. The first-order valence-electron chi connectivity index (χ1n) is 5.81. The Bertz CT molecular complexity index is 378. The first kappa shape index (κ1) is 13.5. The summed E-state index contributed by atoms with van der Waals surface area (Å²) in [6, 6.07) is 5.74. The molecule has 0 spiro atoms. The number of nitrogens with one attached hydrogen (secondary N) is 1. The van der Waals surface area contributed by atoms with E-state index in [1.54, 1.807) is 12.1 Å². The first-order valence-corrected chi connectivity index (χ1v) is 5.81. The smallest absolute Gasteiger partial charge is 0.329 e. The average Bonchev–Trinajstić information content (AvgIpc) is 2.31. The zero-order valence-corrected chi connectivity index (χ0v) is 10.2. The van der Waals surface area contributed by atoms with Gasteiger partial charge in [-0.1, -0.05) is 20.3 Å². The number of carbonyl (C=O) groups is 1. The van der Waals surface area contributed by atoms with Crippen LogP contribution in [-0.2, 0) is 4.79 Å². The summed E-state index contributed by atoms with van der Waals surface area (Å²) < 4.78 is 12.8. The van der Waals surface area contributed by atoms with Crippen LogP contribution in [0.15, 0.2) is 24.3 Å². The summed E-state index contributed by atoms with van der Waals surface area (Å²) in [6.45, 7) is 3.78. The summed E-state index contributed by atoms with van der Waals surface area (Å²) in [7, 11) is 0. The normalized spacial score (nSPS) is 14.1. The van der Waals surface area contributed by atoms with Crippen LogP contribution in [0.25, 0.3) is 0 Å². The second kappa shape index (κ2) is 5.66. The lowest BCUT2D eigenvalue weighted by Gasteiger charge is -2.30. The molecule has 1 aromatic rings. The standard InChI is InChI=1S/C13H18FNO2/c1-3-9-13(4-2,12(16)17)15-11-7-5-10(14)6-8-11/h5-8,15H,3-4,9H2,1-2H3,(H,16,17). The fraction of sp³-hybridized carbons (Fsp3) is 0.462. The molecular weight excluding hydrogens is 221 g/mol. The number of rotatable bonds is 6. The van der Waals surface area contributed by atoms with Crippen LogP contribution in [-0.4, -0.2) is 16.6 Å². The third kappa shape index (κ3) is 3.19. The summed E-state index contributed by atoms with van der Waals surface area (Å²) in [4.78, 5) is 11.4. The SMILES string of the molecule is CCCC(CC)(Nc1ccc(F)cc1)C(=O)O. The van der Waals surface area contributed by atoms with Gasteiger partial charge in [-0.05, 0) is 37.1 Å². The quantitative estimate of drug-likeness (QED) is 0.801. The minimum atomic E-state index is -0.966. The van der Waals surface area contributed by atoms with E-state index in [-0.39, 0.29) is 5.82 Å². The minimum Gasteiger partial charge on any atom is -0.480 e. The van der Waals surface area contributed by atoms with E-state index in [0.717, 1.165) is 6.42 Å². The van der Waals surface area contributed by atoms with Crippen molar-refractivity contribution in [2.45, 2.75) is 38.6 Å². The van der Waals surface area contributed by atoms with Crippen molar-refractivity contribution in [3.63, 3.8) is 0 Å². The molecule has 0 aliphatic heterocycles. The Hall–Kier alpha value is -1.58. The highest BCUT2D eigenvalue weighted by Crippen LogP contribution is 2.24. The maximum Gasteiger partial charge on any atom is 0.329 e. The van der Waals surface area contributed by atoms with Crippen LogP contribution >= 0.6 is 0 Å². The van der Waals surface area contributed by atoms with Gasteiger partial charge in [0, 0.05) is 5.69 Å². The summed E-state index contributed by atoms with van der Waals surface area (Å²) in [5.74, 6) is -1.20. The lowest BCUT2D eigenvalue weighted by Crippen LogP contribution is -2.45. The van der Waals surface area contributed by atoms with Gasteiger partial charge < -0.3 is 10.4 Å². The van der Waals surface area contributed by atoms with Crippen molar-refractivity contribution in [2.24, 2.45) is 0 Å². The highest BCUT2D eigenvalue weighted by atomic mass is 19.1. The maximum absolute atomic E-state index is 12.8. The third-order valence-electron chi connectivity index (χ3n) is 2.92. The summed E-state index contributed by atoms with van der Waals surface area (Å²) >= 11 is 0. The largest absolute Gasteiger partial charge is 0.480 e. The van der Waals surface area contributed by atoms with E-state index in [0.29, 0.717) is 18.5 Å². The van der Waals surface area contributed by atoms with Gasteiger partial charge in [0.15, 0.2) is 0 Å². The molecule has 0 bridgehead atoms. The maximum atomic E-state index is 12.8. The predicted molar refractivity (Wildman–Crippen MR) is 65.6 cm³/mol. The number of benzene rings is 1. The molecule has 0 fully saturated rings. The van der Waals surface area contributed by atoms with Crippen LogP contribution in [0.3, 0.4) is 0 Å². The molecule has 94 valence electrons. The molecule has 1 atom stereocenters. The molecule has 1 aromatic carbocycles. The molecule has 17 heavy (non-hydrogen) atoms. The number of halogens is 1. The van der Waals surface area contributed by atoms with Crippen molar-refractivity contribution in [1.29, 1.82) is 0 Å². The van der Waals surface area contributed by atoms with Crippen molar-refractivity contribution in [1.82, 2.24) is 0 Å². The van der Waals surface area contributed by atoms with Crippen LogP contribution in [0.5, 0.6) is 0 Å². The topological polar surface area (TPSA) is 49.3 Å². The zero-order valence-electron chi connectivity index (χ0n) is 10.2. The predicted octanol–water partition coefficient (Wildman–Crippen LogP) is 3.27. The van der Waals surface area contributed by atoms with Crippen LogP contribution in [0, 0.1) is 5.82 Å². The van der Waals surface area contributed by atoms with Gasteiger partial charge in [-0.2, -0.15) is 0 Å². The van der Waals surface area contributed by atoms with Gasteiger partial charge in [0.2, 0.25) is 0 Å². The van der Waals surface area contributed by atoms with Gasteiger partial charge in [0.05, 0.1) is 0 Å². The van der Waals surface area contributed by atoms with Gasteiger partial charge in [-0.15, -0.1) is 0 Å². The second-order valence-electron chi connectivity index (χ2n) is 4.12. The molecule has 1 unspecified atom stereocenters. The molecule has 0 aromatic heterocycles. The fourth-order valence-electron chi connectivity index (χ4n) is 1.88. The second-order valence-corrected chi connectivity index (χ2v) is 4.12. The molecule has 0 radical (unpaired) electrons. The molecule has 0 heterocycles. The molecular formula is C13H18FNO2. The van der Waals surface area contributed by atoms with E-state index < -0.39 is 11.5 Å². The molecule has 4 heteroatoms. The molecule has 0 aliphatic carbocycles. The Morgan fingerprint density at radius 1 is 1.35 bits per heavy atom. The number of carboxylic acid groups (broad SMARTS) is 1. The van der Waals surface area contributed by atoms with Gasteiger partial charge in [-0.3, -0.25) is 0 Å². The van der Waals surface area contributed by atoms with Gasteiger partial charge in [0.25, 0.3) is 0 Å². The average molecular weight is 239 g/mol.